The Balaban J connectivity index is 2.18. The van der Waals surface area contributed by atoms with Crippen LogP contribution in [0.5, 0.6) is 6.01 Å². The van der Waals surface area contributed by atoms with E-state index in [1.54, 1.807) is 0 Å². The molecule has 3 aromatic rings. The van der Waals surface area contributed by atoms with E-state index < -0.39 is 0 Å². The summed E-state index contributed by atoms with van der Waals surface area (Å²) in [6.45, 7) is 0. The topological polar surface area (TPSA) is 50.8 Å². The van der Waals surface area contributed by atoms with Gasteiger partial charge < -0.3 is 4.74 Å². The quantitative estimate of drug-likeness (QED) is 0.725. The van der Waals surface area contributed by atoms with Gasteiger partial charge in [0.05, 0.1) is 7.11 Å². The molecule has 1 heterocycles. The molecule has 0 atom stereocenters. The van der Waals surface area contributed by atoms with Crippen LogP contribution in [0.4, 0.5) is 0 Å². The smallest absolute Gasteiger partial charge is 0.297 e. The molecule has 0 radical (unpaired) electrons. The summed E-state index contributed by atoms with van der Waals surface area (Å²) in [6, 6.07) is 14.6. The average molecular weight is 269 g/mol. The number of nitrogens with zero attached hydrogens (tertiary/aromatic N) is 2. The fraction of sp³-hybridized carbons (Fsp3) is 0.0714. The molecule has 0 aliphatic rings. The predicted octanol–water partition coefficient (Wildman–Crippen LogP) is 3.36. The molecule has 0 aliphatic heterocycles. The van der Waals surface area contributed by atoms with E-state index in [1.165, 1.54) is 12.5 Å². The summed E-state index contributed by atoms with van der Waals surface area (Å²) in [5.74, 6) is 0.655. The number of H-pyrrole nitrogens is 1. The summed E-state index contributed by atoms with van der Waals surface area (Å²) in [5, 5.41) is 2.34. The van der Waals surface area contributed by atoms with E-state index in [9.17, 15) is 0 Å². The third kappa shape index (κ3) is 2.32. The Bertz CT molecular complexity index is 798. The first-order valence-electron chi connectivity index (χ1n) is 5.78. The minimum atomic E-state index is 0.263. The summed E-state index contributed by atoms with van der Waals surface area (Å²) in [7, 11) is 1.54. The van der Waals surface area contributed by atoms with Gasteiger partial charge in [0.1, 0.15) is 5.82 Å². The van der Waals surface area contributed by atoms with Gasteiger partial charge in [-0.2, -0.15) is 4.98 Å². The van der Waals surface area contributed by atoms with Crippen molar-refractivity contribution in [3.8, 4) is 17.4 Å². The fourth-order valence-electron chi connectivity index (χ4n) is 1.93. The van der Waals surface area contributed by atoms with Gasteiger partial charge in [0, 0.05) is 5.56 Å². The molecular formula is C14H11N3OS. The Morgan fingerprint density at radius 3 is 2.63 bits per heavy atom. The highest BCUT2D eigenvalue weighted by Gasteiger charge is 2.04. The van der Waals surface area contributed by atoms with Crippen LogP contribution in [0.3, 0.4) is 0 Å². The highest BCUT2D eigenvalue weighted by Crippen LogP contribution is 2.22. The van der Waals surface area contributed by atoms with Crippen LogP contribution < -0.4 is 4.74 Å². The predicted molar refractivity (Wildman–Crippen MR) is 76.7 cm³/mol. The Labute approximate surface area is 115 Å². The zero-order valence-corrected chi connectivity index (χ0v) is 11.1. The number of rotatable bonds is 2. The van der Waals surface area contributed by atoms with Crippen molar-refractivity contribution >= 4 is 23.0 Å². The normalized spacial score (nSPS) is 10.6. The van der Waals surface area contributed by atoms with Crippen LogP contribution in [0, 0.1) is 4.77 Å². The van der Waals surface area contributed by atoms with E-state index in [0.717, 1.165) is 10.9 Å². The minimum Gasteiger partial charge on any atom is -0.468 e. The zero-order valence-electron chi connectivity index (χ0n) is 10.3. The van der Waals surface area contributed by atoms with Gasteiger partial charge >= 0.3 is 0 Å². The van der Waals surface area contributed by atoms with Crippen molar-refractivity contribution in [3.05, 3.63) is 47.2 Å². The maximum atomic E-state index is 5.07. The first kappa shape index (κ1) is 11.8. The van der Waals surface area contributed by atoms with Gasteiger partial charge in [-0.3, -0.25) is 4.98 Å². The number of aromatic amines is 1. The second-order valence-electron chi connectivity index (χ2n) is 4.05. The van der Waals surface area contributed by atoms with Crippen LogP contribution in [0.25, 0.3) is 22.2 Å². The molecule has 0 amide bonds. The lowest BCUT2D eigenvalue weighted by atomic mass is 10.1. The summed E-state index contributed by atoms with van der Waals surface area (Å²) in [6.07, 6.45) is 0. The van der Waals surface area contributed by atoms with Crippen LogP contribution in [0.1, 0.15) is 0 Å². The number of nitrogens with one attached hydrogen (secondary N) is 1. The molecule has 3 rings (SSSR count). The molecular weight excluding hydrogens is 258 g/mol. The molecule has 1 aromatic heterocycles. The van der Waals surface area contributed by atoms with Gasteiger partial charge in [0.25, 0.3) is 6.01 Å². The van der Waals surface area contributed by atoms with Crippen LogP contribution >= 0.6 is 12.2 Å². The largest absolute Gasteiger partial charge is 0.468 e. The average Bonchev–Trinajstić information content (AvgIpc) is 2.46. The molecule has 2 aromatic carbocycles. The maximum absolute atomic E-state index is 5.07. The third-order valence-corrected chi connectivity index (χ3v) is 3.03. The molecule has 1 N–H and O–H groups in total. The van der Waals surface area contributed by atoms with Gasteiger partial charge in [-0.25, -0.2) is 4.98 Å². The molecule has 0 spiro atoms. The molecule has 19 heavy (non-hydrogen) atoms. The molecule has 0 saturated heterocycles. The van der Waals surface area contributed by atoms with Crippen LogP contribution in [0.2, 0.25) is 0 Å². The van der Waals surface area contributed by atoms with Crippen molar-refractivity contribution in [2.45, 2.75) is 0 Å². The minimum absolute atomic E-state index is 0.263. The lowest BCUT2D eigenvalue weighted by Crippen LogP contribution is -1.97. The zero-order chi connectivity index (χ0) is 13.2. The van der Waals surface area contributed by atoms with Gasteiger partial charge in [-0.15, -0.1) is 0 Å². The van der Waals surface area contributed by atoms with Crippen LogP contribution in [-0.2, 0) is 0 Å². The van der Waals surface area contributed by atoms with Gasteiger partial charge in [0.15, 0.2) is 0 Å². The van der Waals surface area contributed by atoms with E-state index in [4.69, 9.17) is 17.0 Å². The summed E-state index contributed by atoms with van der Waals surface area (Å²) in [5.41, 5.74) is 0.950. The number of benzene rings is 2. The standard InChI is InChI=1S/C14H11N3OS/c1-18-13-15-12(16-14(19)17-13)11-7-6-9-4-2-3-5-10(9)8-11/h2-8H,1H3,(H,15,16,17,19). The molecule has 0 aliphatic carbocycles. The summed E-state index contributed by atoms with van der Waals surface area (Å²) < 4.78 is 5.33. The fourth-order valence-corrected chi connectivity index (χ4v) is 2.11. The Kier molecular flexibility index (Phi) is 2.97. The van der Waals surface area contributed by atoms with Gasteiger partial charge in [-0.1, -0.05) is 36.4 Å². The Morgan fingerprint density at radius 2 is 1.84 bits per heavy atom. The number of aromatic nitrogens is 3. The molecule has 94 valence electrons. The lowest BCUT2D eigenvalue weighted by Gasteiger charge is -2.05. The van der Waals surface area contributed by atoms with Crippen molar-refractivity contribution in [2.75, 3.05) is 7.11 Å². The Morgan fingerprint density at radius 1 is 1.05 bits per heavy atom. The van der Waals surface area contributed by atoms with E-state index in [-0.39, 0.29) is 4.77 Å². The SMILES string of the molecule is COc1nc(=S)nc(-c2ccc3ccccc3c2)[nH]1. The van der Waals surface area contributed by atoms with Crippen molar-refractivity contribution in [1.29, 1.82) is 0 Å². The van der Waals surface area contributed by atoms with Crippen molar-refractivity contribution in [1.82, 2.24) is 15.0 Å². The van der Waals surface area contributed by atoms with Gasteiger partial charge in [-0.05, 0) is 29.1 Å². The molecule has 0 saturated carbocycles. The van der Waals surface area contributed by atoms with Crippen LogP contribution in [-0.4, -0.2) is 22.1 Å². The second kappa shape index (κ2) is 4.78. The van der Waals surface area contributed by atoms with E-state index in [1.807, 2.05) is 18.2 Å². The van der Waals surface area contributed by atoms with E-state index >= 15 is 0 Å². The molecule has 5 heteroatoms. The molecule has 0 bridgehead atoms. The Hall–Kier alpha value is -2.27. The van der Waals surface area contributed by atoms with Crippen molar-refractivity contribution in [2.24, 2.45) is 0 Å². The van der Waals surface area contributed by atoms with E-state index in [2.05, 4.69) is 39.2 Å². The second-order valence-corrected chi connectivity index (χ2v) is 4.42. The number of fused-ring (bicyclic) bond motifs is 1. The molecule has 4 nitrogen and oxygen atoms in total. The lowest BCUT2D eigenvalue weighted by molar-refractivity contribution is 0.378. The highest BCUT2D eigenvalue weighted by atomic mass is 32.1. The molecule has 0 fully saturated rings. The first-order chi connectivity index (χ1) is 9.26. The van der Waals surface area contributed by atoms with Gasteiger partial charge in [0.2, 0.25) is 4.77 Å². The van der Waals surface area contributed by atoms with Crippen molar-refractivity contribution < 1.29 is 4.74 Å². The number of hydrogen-bond acceptors (Lipinski definition) is 4. The number of ether oxygens (including phenoxy) is 1. The summed E-state index contributed by atoms with van der Waals surface area (Å²) in [4.78, 5) is 11.2. The monoisotopic (exact) mass is 269 g/mol. The summed E-state index contributed by atoms with van der Waals surface area (Å²) >= 11 is 5.03. The molecule has 0 unspecified atom stereocenters. The number of methoxy groups -OCH3 is 1. The highest BCUT2D eigenvalue weighted by molar-refractivity contribution is 7.71. The first-order valence-corrected chi connectivity index (χ1v) is 6.18. The maximum Gasteiger partial charge on any atom is 0.297 e. The third-order valence-electron chi connectivity index (χ3n) is 2.85. The van der Waals surface area contributed by atoms with Crippen molar-refractivity contribution in [3.63, 3.8) is 0 Å². The van der Waals surface area contributed by atoms with Crippen LogP contribution in [0.15, 0.2) is 42.5 Å². The van der Waals surface area contributed by atoms with E-state index in [0.29, 0.717) is 11.8 Å². The number of hydrogen-bond donors (Lipinski definition) is 1.